The summed E-state index contributed by atoms with van der Waals surface area (Å²) in [6.45, 7) is 1.59. The minimum Gasteiger partial charge on any atom is -0.399 e. The molecule has 1 amide bonds. The quantitative estimate of drug-likeness (QED) is 0.831. The number of hydrogen-bond donors (Lipinski definition) is 2. The first kappa shape index (κ1) is 14.1. The van der Waals surface area contributed by atoms with Gasteiger partial charge in [0.15, 0.2) is 0 Å². The largest absolute Gasteiger partial charge is 0.399 e. The van der Waals surface area contributed by atoms with E-state index in [0.717, 1.165) is 0 Å². The van der Waals surface area contributed by atoms with Gasteiger partial charge in [0.05, 0.1) is 28.3 Å². The predicted molar refractivity (Wildman–Crippen MR) is 69.5 cm³/mol. The van der Waals surface area contributed by atoms with E-state index in [1.807, 2.05) is 0 Å². The maximum atomic E-state index is 12.1. The van der Waals surface area contributed by atoms with Crippen molar-refractivity contribution in [3.8, 4) is 0 Å². The molecule has 0 aliphatic rings. The van der Waals surface area contributed by atoms with Crippen LogP contribution in [0.2, 0.25) is 10.0 Å². The van der Waals surface area contributed by atoms with E-state index in [2.05, 4.69) is 0 Å². The van der Waals surface area contributed by atoms with Crippen LogP contribution in [0.1, 0.15) is 17.3 Å². The first-order valence-corrected chi connectivity index (χ1v) is 5.76. The molecule has 1 unspecified atom stereocenters. The second-order valence-electron chi connectivity index (χ2n) is 3.81. The summed E-state index contributed by atoms with van der Waals surface area (Å²) in [5, 5.41) is 9.41. The highest BCUT2D eigenvalue weighted by atomic mass is 35.5. The molecule has 0 aliphatic carbocycles. The summed E-state index contributed by atoms with van der Waals surface area (Å²) in [6, 6.07) is 2.64. The number of nitrogens with two attached hydrogens (primary N) is 1. The zero-order chi connectivity index (χ0) is 13.2. The molecule has 4 nitrogen and oxygen atoms in total. The molecule has 94 valence electrons. The van der Waals surface area contributed by atoms with Gasteiger partial charge in [0, 0.05) is 12.7 Å². The number of amides is 1. The second kappa shape index (κ2) is 5.58. The van der Waals surface area contributed by atoms with Crippen LogP contribution in [0.15, 0.2) is 12.1 Å². The Hall–Kier alpha value is -0.970. The Morgan fingerprint density at radius 2 is 2.12 bits per heavy atom. The number of nitrogen functional groups attached to an aromatic ring is 1. The highest BCUT2D eigenvalue weighted by Crippen LogP contribution is 2.29. The van der Waals surface area contributed by atoms with E-state index in [0.29, 0.717) is 5.69 Å². The molecule has 0 heterocycles. The number of benzene rings is 1. The lowest BCUT2D eigenvalue weighted by Crippen LogP contribution is -2.37. The third-order valence-electron chi connectivity index (χ3n) is 2.53. The van der Waals surface area contributed by atoms with Crippen LogP contribution >= 0.6 is 23.2 Å². The molecule has 1 aromatic carbocycles. The Kier molecular flexibility index (Phi) is 4.62. The Morgan fingerprint density at radius 1 is 1.53 bits per heavy atom. The van der Waals surface area contributed by atoms with Crippen LogP contribution in [0.4, 0.5) is 5.69 Å². The lowest BCUT2D eigenvalue weighted by atomic mass is 10.1. The Bertz CT molecular complexity index is 438. The molecule has 0 radical (unpaired) electrons. The lowest BCUT2D eigenvalue weighted by molar-refractivity contribution is 0.0682. The van der Waals surface area contributed by atoms with Gasteiger partial charge in [0.2, 0.25) is 0 Å². The molecule has 0 aromatic heterocycles. The lowest BCUT2D eigenvalue weighted by Gasteiger charge is -2.23. The van der Waals surface area contributed by atoms with E-state index >= 15 is 0 Å². The molecule has 1 atom stereocenters. The Labute approximate surface area is 110 Å². The van der Waals surface area contributed by atoms with Crippen LogP contribution in [0.25, 0.3) is 0 Å². The van der Waals surface area contributed by atoms with Crippen LogP contribution in [0.3, 0.4) is 0 Å². The molecule has 0 saturated carbocycles. The summed E-state index contributed by atoms with van der Waals surface area (Å²) in [5.41, 5.74) is 6.22. The number of nitrogens with zero attached hydrogens (tertiary/aromatic N) is 1. The van der Waals surface area contributed by atoms with E-state index in [1.54, 1.807) is 14.0 Å². The maximum absolute atomic E-state index is 12.1. The third kappa shape index (κ3) is 3.03. The van der Waals surface area contributed by atoms with Crippen molar-refractivity contribution in [2.24, 2.45) is 0 Å². The van der Waals surface area contributed by atoms with Crippen molar-refractivity contribution in [3.63, 3.8) is 0 Å². The molecular formula is C11H14Cl2N2O2. The summed E-state index contributed by atoms with van der Waals surface area (Å²) in [6.07, 6.45) is 0. The van der Waals surface area contributed by atoms with Gasteiger partial charge >= 0.3 is 0 Å². The van der Waals surface area contributed by atoms with E-state index in [4.69, 9.17) is 34.0 Å². The molecule has 6 heteroatoms. The van der Waals surface area contributed by atoms with Gasteiger partial charge in [-0.3, -0.25) is 4.79 Å². The third-order valence-corrected chi connectivity index (χ3v) is 3.33. The highest BCUT2D eigenvalue weighted by Gasteiger charge is 2.21. The maximum Gasteiger partial charge on any atom is 0.255 e. The molecule has 1 rings (SSSR count). The van der Waals surface area contributed by atoms with E-state index in [9.17, 15) is 4.79 Å². The first-order chi connectivity index (χ1) is 7.88. The van der Waals surface area contributed by atoms with Crippen molar-refractivity contribution >= 4 is 34.8 Å². The van der Waals surface area contributed by atoms with E-state index in [-0.39, 0.29) is 34.2 Å². The molecular weight excluding hydrogens is 263 g/mol. The molecule has 0 aliphatic heterocycles. The number of rotatable bonds is 3. The summed E-state index contributed by atoms with van der Waals surface area (Å²) in [4.78, 5) is 13.5. The minimum atomic E-state index is -0.328. The van der Waals surface area contributed by atoms with Crippen LogP contribution in [0.5, 0.6) is 0 Å². The SMILES string of the molecule is CC(CO)N(C)C(=O)c1cc(N)cc(Cl)c1Cl. The number of hydrogen-bond acceptors (Lipinski definition) is 3. The van der Waals surface area contributed by atoms with Gasteiger partial charge in [-0.1, -0.05) is 23.2 Å². The summed E-state index contributed by atoms with van der Waals surface area (Å²) >= 11 is 11.8. The number of carbonyl (C=O) groups is 1. The Morgan fingerprint density at radius 3 is 2.65 bits per heavy atom. The zero-order valence-electron chi connectivity index (χ0n) is 9.58. The molecule has 1 aromatic rings. The Balaban J connectivity index is 3.12. The zero-order valence-corrected chi connectivity index (χ0v) is 11.1. The van der Waals surface area contributed by atoms with Crippen molar-refractivity contribution in [3.05, 3.63) is 27.7 Å². The van der Waals surface area contributed by atoms with Crippen LogP contribution in [-0.4, -0.2) is 35.6 Å². The van der Waals surface area contributed by atoms with Crippen LogP contribution in [-0.2, 0) is 0 Å². The summed E-state index contributed by atoms with van der Waals surface area (Å²) in [7, 11) is 1.58. The number of anilines is 1. The number of halogens is 2. The fraction of sp³-hybridized carbons (Fsp3) is 0.364. The monoisotopic (exact) mass is 276 g/mol. The summed E-state index contributed by atoms with van der Waals surface area (Å²) in [5.74, 6) is -0.328. The van der Waals surface area contributed by atoms with Crippen LogP contribution < -0.4 is 5.73 Å². The van der Waals surface area contributed by atoms with Crippen molar-refractivity contribution in [1.29, 1.82) is 0 Å². The smallest absolute Gasteiger partial charge is 0.255 e. The number of likely N-dealkylation sites (N-methyl/N-ethyl adjacent to an activating group) is 1. The fourth-order valence-corrected chi connectivity index (χ4v) is 1.70. The fourth-order valence-electron chi connectivity index (χ4n) is 1.28. The first-order valence-electron chi connectivity index (χ1n) is 5.01. The molecule has 3 N–H and O–H groups in total. The van der Waals surface area contributed by atoms with Gasteiger partial charge in [-0.25, -0.2) is 0 Å². The predicted octanol–water partition coefficient (Wildman–Crippen LogP) is 2.03. The molecule has 0 bridgehead atoms. The molecule has 0 saturated heterocycles. The van der Waals surface area contributed by atoms with Crippen LogP contribution in [0, 0.1) is 0 Å². The highest BCUT2D eigenvalue weighted by molar-refractivity contribution is 6.44. The van der Waals surface area contributed by atoms with Crippen molar-refractivity contribution in [1.82, 2.24) is 4.90 Å². The van der Waals surface area contributed by atoms with E-state index in [1.165, 1.54) is 17.0 Å². The van der Waals surface area contributed by atoms with Gasteiger partial charge in [-0.2, -0.15) is 0 Å². The van der Waals surface area contributed by atoms with Gasteiger partial charge in [-0.15, -0.1) is 0 Å². The minimum absolute atomic E-state index is 0.129. The topological polar surface area (TPSA) is 66.6 Å². The average molecular weight is 277 g/mol. The number of aliphatic hydroxyl groups is 1. The molecule has 0 fully saturated rings. The number of aliphatic hydroxyl groups excluding tert-OH is 1. The van der Waals surface area contributed by atoms with Crippen molar-refractivity contribution in [2.75, 3.05) is 19.4 Å². The standard InChI is InChI=1S/C11H14Cl2N2O2/c1-6(5-16)15(2)11(17)8-3-7(14)4-9(12)10(8)13/h3-4,6,16H,5,14H2,1-2H3. The van der Waals surface area contributed by atoms with Crippen molar-refractivity contribution < 1.29 is 9.90 Å². The molecule has 17 heavy (non-hydrogen) atoms. The second-order valence-corrected chi connectivity index (χ2v) is 4.60. The van der Waals surface area contributed by atoms with Gasteiger partial charge in [-0.05, 0) is 19.1 Å². The van der Waals surface area contributed by atoms with E-state index < -0.39 is 0 Å². The summed E-state index contributed by atoms with van der Waals surface area (Å²) < 4.78 is 0. The number of carbonyl (C=O) groups excluding carboxylic acids is 1. The van der Waals surface area contributed by atoms with Gasteiger partial charge < -0.3 is 15.7 Å². The van der Waals surface area contributed by atoms with Gasteiger partial charge in [0.1, 0.15) is 0 Å². The average Bonchev–Trinajstić information content (AvgIpc) is 2.30. The van der Waals surface area contributed by atoms with Gasteiger partial charge in [0.25, 0.3) is 5.91 Å². The normalized spacial score (nSPS) is 12.3. The van der Waals surface area contributed by atoms with Crippen molar-refractivity contribution in [2.45, 2.75) is 13.0 Å². The molecule has 0 spiro atoms.